The van der Waals surface area contributed by atoms with Crippen LogP contribution in [0.2, 0.25) is 0 Å². The van der Waals surface area contributed by atoms with Crippen LogP contribution in [-0.4, -0.2) is 32.4 Å². The van der Waals surface area contributed by atoms with Gasteiger partial charge in [-0.3, -0.25) is 0 Å². The first-order chi connectivity index (χ1) is 8.06. The van der Waals surface area contributed by atoms with Gasteiger partial charge in [-0.05, 0) is 47.0 Å². The van der Waals surface area contributed by atoms with Crippen LogP contribution in [0.3, 0.4) is 0 Å². The number of methoxy groups -OCH3 is 1. The fraction of sp³-hybridized carbons (Fsp3) is 0.538. The number of ether oxygens (including phenoxy) is 1. The quantitative estimate of drug-likeness (QED) is 0.820. The van der Waals surface area contributed by atoms with Crippen LogP contribution < -0.4 is 4.90 Å². The summed E-state index contributed by atoms with van der Waals surface area (Å²) in [6.07, 6.45) is 0.566. The summed E-state index contributed by atoms with van der Waals surface area (Å²) in [4.78, 5) is 2.18. The summed E-state index contributed by atoms with van der Waals surface area (Å²) in [7, 11) is 3.77. The molecule has 0 fully saturated rings. The van der Waals surface area contributed by atoms with Crippen LogP contribution in [0.5, 0.6) is 0 Å². The molecule has 17 heavy (non-hydrogen) atoms. The minimum Gasteiger partial charge on any atom is -0.389 e. The summed E-state index contributed by atoms with van der Waals surface area (Å²) in [5, 5.41) is 9.50. The van der Waals surface area contributed by atoms with Gasteiger partial charge in [0.05, 0.1) is 11.8 Å². The fourth-order valence-corrected chi connectivity index (χ4v) is 2.36. The standard InChI is InChI=1S/C13H20BrNO2/c1-10(16)11-5-6-13(12(14)9-11)15(2)7-4-8-17-3/h5-6,9-10,16H,4,7-8H2,1-3H3. The second-order valence-electron chi connectivity index (χ2n) is 4.15. The van der Waals surface area contributed by atoms with Crippen molar-refractivity contribution in [1.29, 1.82) is 0 Å². The Labute approximate surface area is 112 Å². The van der Waals surface area contributed by atoms with E-state index < -0.39 is 6.10 Å². The highest BCUT2D eigenvalue weighted by Gasteiger charge is 2.08. The van der Waals surface area contributed by atoms with Crippen LogP contribution in [0, 0.1) is 0 Å². The number of hydrogen-bond acceptors (Lipinski definition) is 3. The highest BCUT2D eigenvalue weighted by atomic mass is 79.9. The third-order valence-corrected chi connectivity index (χ3v) is 3.34. The number of anilines is 1. The van der Waals surface area contributed by atoms with E-state index >= 15 is 0 Å². The predicted molar refractivity (Wildman–Crippen MR) is 74.5 cm³/mol. The maximum Gasteiger partial charge on any atom is 0.0762 e. The zero-order chi connectivity index (χ0) is 12.8. The molecule has 0 amide bonds. The Morgan fingerprint density at radius 1 is 1.47 bits per heavy atom. The maximum absolute atomic E-state index is 9.50. The third-order valence-electron chi connectivity index (χ3n) is 2.71. The summed E-state index contributed by atoms with van der Waals surface area (Å²) in [5.74, 6) is 0. The van der Waals surface area contributed by atoms with Crippen LogP contribution in [-0.2, 0) is 4.74 Å². The molecular formula is C13H20BrNO2. The average molecular weight is 302 g/mol. The van der Waals surface area contributed by atoms with Crippen molar-refractivity contribution in [2.75, 3.05) is 32.2 Å². The van der Waals surface area contributed by atoms with E-state index in [1.165, 1.54) is 0 Å². The van der Waals surface area contributed by atoms with Crippen molar-refractivity contribution in [2.24, 2.45) is 0 Å². The molecule has 1 unspecified atom stereocenters. The Kier molecular flexibility index (Phi) is 5.95. The molecule has 0 heterocycles. The molecule has 1 aromatic carbocycles. The first-order valence-corrected chi connectivity index (χ1v) is 6.53. The second kappa shape index (κ2) is 6.99. The van der Waals surface area contributed by atoms with E-state index in [9.17, 15) is 5.11 Å². The van der Waals surface area contributed by atoms with Crippen LogP contribution in [0.1, 0.15) is 25.0 Å². The van der Waals surface area contributed by atoms with E-state index in [-0.39, 0.29) is 0 Å². The molecule has 0 aliphatic rings. The molecule has 0 aromatic heterocycles. The molecular weight excluding hydrogens is 282 g/mol. The molecule has 1 aromatic rings. The lowest BCUT2D eigenvalue weighted by molar-refractivity contribution is 0.196. The highest BCUT2D eigenvalue weighted by Crippen LogP contribution is 2.28. The van der Waals surface area contributed by atoms with Crippen molar-refractivity contribution in [3.05, 3.63) is 28.2 Å². The summed E-state index contributed by atoms with van der Waals surface area (Å²) in [6, 6.07) is 5.95. The number of benzene rings is 1. The molecule has 1 rings (SSSR count). The van der Waals surface area contributed by atoms with Gasteiger partial charge >= 0.3 is 0 Å². The van der Waals surface area contributed by atoms with Crippen LogP contribution >= 0.6 is 15.9 Å². The van der Waals surface area contributed by atoms with E-state index in [0.717, 1.165) is 35.3 Å². The normalized spacial score (nSPS) is 12.5. The number of halogens is 1. The van der Waals surface area contributed by atoms with Gasteiger partial charge in [0.15, 0.2) is 0 Å². The van der Waals surface area contributed by atoms with Crippen LogP contribution in [0.4, 0.5) is 5.69 Å². The lowest BCUT2D eigenvalue weighted by Gasteiger charge is -2.21. The molecule has 0 saturated heterocycles. The van der Waals surface area contributed by atoms with Gasteiger partial charge in [0.25, 0.3) is 0 Å². The van der Waals surface area contributed by atoms with Gasteiger partial charge in [0.2, 0.25) is 0 Å². The van der Waals surface area contributed by atoms with Crippen molar-refractivity contribution >= 4 is 21.6 Å². The van der Waals surface area contributed by atoms with Gasteiger partial charge in [-0.1, -0.05) is 6.07 Å². The van der Waals surface area contributed by atoms with E-state index in [4.69, 9.17) is 4.74 Å². The van der Waals surface area contributed by atoms with Crippen LogP contribution in [0.25, 0.3) is 0 Å². The Bertz CT molecular complexity index is 355. The molecule has 96 valence electrons. The third kappa shape index (κ3) is 4.30. The summed E-state index contributed by atoms with van der Waals surface area (Å²) in [6.45, 7) is 3.48. The lowest BCUT2D eigenvalue weighted by atomic mass is 10.1. The molecule has 1 atom stereocenters. The Morgan fingerprint density at radius 2 is 2.18 bits per heavy atom. The first kappa shape index (κ1) is 14.5. The molecule has 0 spiro atoms. The van der Waals surface area contributed by atoms with Gasteiger partial charge in [-0.25, -0.2) is 0 Å². The fourth-order valence-electron chi connectivity index (χ4n) is 1.66. The van der Waals surface area contributed by atoms with Gasteiger partial charge in [-0.2, -0.15) is 0 Å². The Hall–Kier alpha value is -0.580. The Balaban J connectivity index is 2.70. The topological polar surface area (TPSA) is 32.7 Å². The zero-order valence-electron chi connectivity index (χ0n) is 10.6. The number of nitrogens with zero attached hydrogens (tertiary/aromatic N) is 1. The number of rotatable bonds is 6. The van der Waals surface area contributed by atoms with Crippen molar-refractivity contribution < 1.29 is 9.84 Å². The largest absolute Gasteiger partial charge is 0.389 e. The van der Waals surface area contributed by atoms with Gasteiger partial charge < -0.3 is 14.7 Å². The minimum atomic E-state index is -0.431. The smallest absolute Gasteiger partial charge is 0.0762 e. The lowest BCUT2D eigenvalue weighted by Crippen LogP contribution is -2.20. The summed E-state index contributed by atoms with van der Waals surface area (Å²) >= 11 is 3.54. The minimum absolute atomic E-state index is 0.431. The molecule has 0 saturated carbocycles. The highest BCUT2D eigenvalue weighted by molar-refractivity contribution is 9.10. The van der Waals surface area contributed by atoms with Crippen molar-refractivity contribution in [3.8, 4) is 0 Å². The van der Waals surface area contributed by atoms with Crippen LogP contribution in [0.15, 0.2) is 22.7 Å². The zero-order valence-corrected chi connectivity index (χ0v) is 12.2. The van der Waals surface area contributed by atoms with Gasteiger partial charge in [0, 0.05) is 31.8 Å². The average Bonchev–Trinajstić information content (AvgIpc) is 2.28. The molecule has 3 nitrogen and oxygen atoms in total. The molecule has 1 N–H and O–H groups in total. The second-order valence-corrected chi connectivity index (χ2v) is 5.01. The van der Waals surface area contributed by atoms with E-state index in [1.54, 1.807) is 14.0 Å². The van der Waals surface area contributed by atoms with Crippen molar-refractivity contribution in [1.82, 2.24) is 0 Å². The SMILES string of the molecule is COCCCN(C)c1ccc(C(C)O)cc1Br. The number of aliphatic hydroxyl groups is 1. The van der Waals surface area contributed by atoms with E-state index in [2.05, 4.69) is 27.9 Å². The molecule has 4 heteroatoms. The van der Waals surface area contributed by atoms with E-state index in [0.29, 0.717) is 0 Å². The summed E-state index contributed by atoms with van der Waals surface area (Å²) in [5.41, 5.74) is 2.05. The number of hydrogen-bond donors (Lipinski definition) is 1. The molecule has 0 radical (unpaired) electrons. The monoisotopic (exact) mass is 301 g/mol. The number of aliphatic hydroxyl groups excluding tert-OH is 1. The van der Waals surface area contributed by atoms with Crippen molar-refractivity contribution in [3.63, 3.8) is 0 Å². The maximum atomic E-state index is 9.50. The van der Waals surface area contributed by atoms with Crippen molar-refractivity contribution in [2.45, 2.75) is 19.4 Å². The molecule has 0 bridgehead atoms. The first-order valence-electron chi connectivity index (χ1n) is 5.74. The predicted octanol–water partition coefficient (Wildman–Crippen LogP) is 2.98. The van der Waals surface area contributed by atoms with Gasteiger partial charge in [0.1, 0.15) is 0 Å². The molecule has 0 aliphatic carbocycles. The summed E-state index contributed by atoms with van der Waals surface area (Å²) < 4.78 is 6.05. The van der Waals surface area contributed by atoms with E-state index in [1.807, 2.05) is 18.2 Å². The Morgan fingerprint density at radius 3 is 2.71 bits per heavy atom. The van der Waals surface area contributed by atoms with Gasteiger partial charge in [-0.15, -0.1) is 0 Å². The molecule has 0 aliphatic heterocycles.